The van der Waals surface area contributed by atoms with Crippen LogP contribution >= 0.6 is 22.6 Å². The summed E-state index contributed by atoms with van der Waals surface area (Å²) in [4.78, 5) is 28.1. The molecule has 152 valence electrons. The number of nitrogens with zero attached hydrogens (tertiary/aromatic N) is 3. The van der Waals surface area contributed by atoms with Crippen molar-refractivity contribution in [2.45, 2.75) is 25.3 Å². The third kappa shape index (κ3) is 3.70. The quantitative estimate of drug-likeness (QED) is 0.178. The summed E-state index contributed by atoms with van der Waals surface area (Å²) >= 11 is 2.06. The summed E-state index contributed by atoms with van der Waals surface area (Å²) in [6.45, 7) is 0. The van der Waals surface area contributed by atoms with Crippen LogP contribution < -0.4 is 16.0 Å². The van der Waals surface area contributed by atoms with E-state index in [1.54, 1.807) is 28.9 Å². The SMILES string of the molecule is O=C1C/C(=C\c2cnn3c(NC4CC4)cc(Nc4ccc(O)c(I)c4)nc23)C(=O)N1. The fourth-order valence-corrected chi connectivity index (χ4v) is 3.74. The molecule has 0 unspecified atom stereocenters. The normalized spacial score (nSPS) is 17.6. The number of imide groups is 1. The highest BCUT2D eigenvalue weighted by Crippen LogP contribution is 2.30. The van der Waals surface area contributed by atoms with Crippen molar-refractivity contribution in [1.82, 2.24) is 19.9 Å². The molecule has 10 heteroatoms. The second kappa shape index (κ2) is 7.27. The molecule has 2 aromatic heterocycles. The molecule has 30 heavy (non-hydrogen) atoms. The maximum atomic E-state index is 11.9. The number of benzene rings is 1. The number of hydrogen-bond donors (Lipinski definition) is 4. The van der Waals surface area contributed by atoms with Gasteiger partial charge >= 0.3 is 0 Å². The van der Waals surface area contributed by atoms with Gasteiger partial charge in [0.25, 0.3) is 5.91 Å². The van der Waals surface area contributed by atoms with Crippen molar-refractivity contribution in [3.63, 3.8) is 0 Å². The smallest absolute Gasteiger partial charge is 0.254 e. The van der Waals surface area contributed by atoms with Crippen LogP contribution in [0.4, 0.5) is 17.3 Å². The van der Waals surface area contributed by atoms with Gasteiger partial charge in [-0.05, 0) is 59.7 Å². The molecular formula is C20H17IN6O3. The Morgan fingerprint density at radius 2 is 2.10 bits per heavy atom. The molecule has 9 nitrogen and oxygen atoms in total. The Kier molecular flexibility index (Phi) is 4.57. The van der Waals surface area contributed by atoms with Gasteiger partial charge in [-0.3, -0.25) is 14.9 Å². The van der Waals surface area contributed by atoms with Gasteiger partial charge in [-0.1, -0.05) is 0 Å². The van der Waals surface area contributed by atoms with Crippen molar-refractivity contribution in [1.29, 1.82) is 0 Å². The van der Waals surface area contributed by atoms with E-state index >= 15 is 0 Å². The van der Waals surface area contributed by atoms with Crippen LogP contribution in [0.15, 0.2) is 36.0 Å². The molecule has 0 spiro atoms. The van der Waals surface area contributed by atoms with E-state index in [1.165, 1.54) is 0 Å². The predicted octanol–water partition coefficient (Wildman–Crippen LogP) is 2.79. The average Bonchev–Trinajstić information content (AvgIpc) is 3.34. The first-order valence-electron chi connectivity index (χ1n) is 9.42. The number of halogens is 1. The van der Waals surface area contributed by atoms with E-state index in [-0.39, 0.29) is 24.0 Å². The van der Waals surface area contributed by atoms with Crippen molar-refractivity contribution >= 4 is 63.5 Å². The number of carbonyl (C=O) groups is 2. The lowest BCUT2D eigenvalue weighted by Crippen LogP contribution is -2.19. The minimum Gasteiger partial charge on any atom is -0.507 e. The maximum Gasteiger partial charge on any atom is 0.254 e. The molecule has 0 bridgehead atoms. The van der Waals surface area contributed by atoms with Crippen LogP contribution in [0.25, 0.3) is 11.7 Å². The van der Waals surface area contributed by atoms with Crippen LogP contribution in [0.3, 0.4) is 0 Å². The molecule has 0 radical (unpaired) electrons. The highest BCUT2D eigenvalue weighted by atomic mass is 127. The zero-order valence-corrected chi connectivity index (χ0v) is 17.8. The number of carbonyl (C=O) groups excluding carboxylic acids is 2. The van der Waals surface area contributed by atoms with Crippen LogP contribution in [0.2, 0.25) is 0 Å². The third-order valence-corrected chi connectivity index (χ3v) is 5.74. The number of fused-ring (bicyclic) bond motifs is 1. The molecule has 2 fully saturated rings. The first kappa shape index (κ1) is 18.9. The summed E-state index contributed by atoms with van der Waals surface area (Å²) in [5.41, 5.74) is 2.39. The van der Waals surface area contributed by atoms with Crippen LogP contribution in [0.5, 0.6) is 5.75 Å². The number of rotatable bonds is 5. The summed E-state index contributed by atoms with van der Waals surface area (Å²) in [5.74, 6) is 0.906. The molecule has 4 N–H and O–H groups in total. The van der Waals surface area contributed by atoms with Crippen molar-refractivity contribution in [2.24, 2.45) is 0 Å². The number of nitrogens with one attached hydrogen (secondary N) is 3. The molecule has 2 amide bonds. The first-order chi connectivity index (χ1) is 14.5. The largest absolute Gasteiger partial charge is 0.507 e. The number of phenolic OH excluding ortho intramolecular Hbond substituents is 1. The molecule has 1 saturated carbocycles. The molecule has 1 saturated heterocycles. The molecule has 3 aromatic rings. The summed E-state index contributed by atoms with van der Waals surface area (Å²) in [5, 5.41) is 23.2. The van der Waals surface area contributed by atoms with Gasteiger partial charge in [-0.2, -0.15) is 9.61 Å². The standard InChI is InChI=1S/C20H17IN6O3/c21-14-7-13(3-4-15(14)28)23-16-8-17(24-12-1-2-12)27-19(25-16)11(9-22-27)5-10-6-18(29)26-20(10)30/h3-5,7-9,12,24,28H,1-2,6H2,(H,23,25)(H,26,29,30)/b10-5+. The van der Waals surface area contributed by atoms with Crippen molar-refractivity contribution in [2.75, 3.05) is 10.6 Å². The van der Waals surface area contributed by atoms with Gasteiger partial charge in [-0.15, -0.1) is 0 Å². The summed E-state index contributed by atoms with van der Waals surface area (Å²) in [6, 6.07) is 7.49. The molecular weight excluding hydrogens is 499 g/mol. The lowest BCUT2D eigenvalue weighted by Gasteiger charge is -2.12. The van der Waals surface area contributed by atoms with Crippen LogP contribution in [0, 0.1) is 3.57 Å². The summed E-state index contributed by atoms with van der Waals surface area (Å²) in [6.07, 6.45) is 5.54. The topological polar surface area (TPSA) is 121 Å². The number of anilines is 3. The van der Waals surface area contributed by atoms with Gasteiger partial charge in [0.1, 0.15) is 17.4 Å². The number of aromatic nitrogens is 3. The Balaban J connectivity index is 1.57. The Bertz CT molecular complexity index is 1230. The molecule has 1 aliphatic heterocycles. The minimum atomic E-state index is -0.386. The van der Waals surface area contributed by atoms with Crippen LogP contribution in [-0.2, 0) is 9.59 Å². The predicted molar refractivity (Wildman–Crippen MR) is 119 cm³/mol. The summed E-state index contributed by atoms with van der Waals surface area (Å²) < 4.78 is 2.42. The molecule has 1 aromatic carbocycles. The Labute approximate surface area is 184 Å². The number of aromatic hydroxyl groups is 1. The van der Waals surface area contributed by atoms with E-state index in [9.17, 15) is 14.7 Å². The highest BCUT2D eigenvalue weighted by Gasteiger charge is 2.25. The summed E-state index contributed by atoms with van der Waals surface area (Å²) in [7, 11) is 0. The highest BCUT2D eigenvalue weighted by molar-refractivity contribution is 14.1. The molecule has 1 aliphatic carbocycles. The number of phenols is 1. The van der Waals surface area contributed by atoms with Crippen molar-refractivity contribution in [3.8, 4) is 5.75 Å². The first-order valence-corrected chi connectivity index (χ1v) is 10.5. The third-order valence-electron chi connectivity index (χ3n) is 4.87. The minimum absolute atomic E-state index is 0.0488. The average molecular weight is 516 g/mol. The number of hydrogen-bond acceptors (Lipinski definition) is 7. The van der Waals surface area contributed by atoms with E-state index in [0.717, 1.165) is 27.9 Å². The fourth-order valence-electron chi connectivity index (χ4n) is 3.23. The lowest BCUT2D eigenvalue weighted by atomic mass is 10.1. The van der Waals surface area contributed by atoms with Gasteiger partial charge in [0.05, 0.1) is 16.2 Å². The Hall–Kier alpha value is -3.15. The van der Waals surface area contributed by atoms with E-state index in [0.29, 0.717) is 28.6 Å². The van der Waals surface area contributed by atoms with E-state index in [1.807, 2.05) is 12.1 Å². The van der Waals surface area contributed by atoms with E-state index in [4.69, 9.17) is 0 Å². The monoisotopic (exact) mass is 516 g/mol. The second-order valence-corrected chi connectivity index (χ2v) is 8.46. The van der Waals surface area contributed by atoms with E-state index in [2.05, 4.69) is 48.6 Å². The van der Waals surface area contributed by atoms with Gasteiger partial charge in [0.15, 0.2) is 5.65 Å². The van der Waals surface area contributed by atoms with Crippen molar-refractivity contribution < 1.29 is 14.7 Å². The molecule has 0 atom stereocenters. The van der Waals surface area contributed by atoms with Gasteiger partial charge in [0.2, 0.25) is 5.91 Å². The van der Waals surface area contributed by atoms with Gasteiger partial charge in [-0.25, -0.2) is 4.98 Å². The van der Waals surface area contributed by atoms with Crippen molar-refractivity contribution in [3.05, 3.63) is 45.2 Å². The zero-order chi connectivity index (χ0) is 20.8. The van der Waals surface area contributed by atoms with Gasteiger partial charge in [0, 0.05) is 28.9 Å². The second-order valence-electron chi connectivity index (χ2n) is 7.30. The molecule has 3 heterocycles. The Morgan fingerprint density at radius 1 is 1.27 bits per heavy atom. The van der Waals surface area contributed by atoms with Crippen LogP contribution in [-0.4, -0.2) is 37.6 Å². The zero-order valence-electron chi connectivity index (χ0n) is 15.6. The molecule has 2 aliphatic rings. The van der Waals surface area contributed by atoms with E-state index < -0.39 is 0 Å². The molecule has 5 rings (SSSR count). The maximum absolute atomic E-state index is 11.9. The lowest BCUT2D eigenvalue weighted by molar-refractivity contribution is -0.124. The van der Waals surface area contributed by atoms with Gasteiger partial charge < -0.3 is 15.7 Å². The Morgan fingerprint density at radius 3 is 2.80 bits per heavy atom. The number of amides is 2. The fraction of sp³-hybridized carbons (Fsp3) is 0.200. The van der Waals surface area contributed by atoms with Crippen LogP contribution in [0.1, 0.15) is 24.8 Å².